The van der Waals surface area contributed by atoms with Crippen LogP contribution in [0.1, 0.15) is 10.5 Å². The maximum atomic E-state index is 12.9. The van der Waals surface area contributed by atoms with Gasteiger partial charge in [-0.15, -0.1) is 0 Å². The van der Waals surface area contributed by atoms with Crippen molar-refractivity contribution in [2.75, 3.05) is 7.11 Å². The summed E-state index contributed by atoms with van der Waals surface area (Å²) in [5, 5.41) is 0. The predicted octanol–water partition coefficient (Wildman–Crippen LogP) is 2.68. The molecule has 1 aromatic heterocycles. The number of benzene rings is 1. The van der Waals surface area contributed by atoms with Crippen molar-refractivity contribution in [2.45, 2.75) is 0 Å². The number of ether oxygens (including phenoxy) is 1. The molecule has 18 heavy (non-hydrogen) atoms. The Balaban J connectivity index is 2.66. The molecule has 1 aromatic carbocycles. The Labute approximate surface area is 108 Å². The Morgan fingerprint density at radius 2 is 2.00 bits per heavy atom. The van der Waals surface area contributed by atoms with E-state index in [0.29, 0.717) is 16.0 Å². The second-order valence-corrected chi connectivity index (χ2v) is 4.10. The third kappa shape index (κ3) is 2.06. The highest BCUT2D eigenvalue weighted by molar-refractivity contribution is 7.71. The third-order valence-corrected chi connectivity index (χ3v) is 2.99. The van der Waals surface area contributed by atoms with Crippen LogP contribution in [0.2, 0.25) is 0 Å². The van der Waals surface area contributed by atoms with E-state index in [4.69, 9.17) is 12.2 Å². The molecule has 0 fully saturated rings. The molecule has 1 heterocycles. The van der Waals surface area contributed by atoms with Crippen LogP contribution in [0.3, 0.4) is 0 Å². The molecule has 0 atom stereocenters. The highest BCUT2D eigenvalue weighted by atomic mass is 32.1. The minimum absolute atomic E-state index is 0.261. The van der Waals surface area contributed by atoms with Gasteiger partial charge in [0, 0.05) is 12.6 Å². The van der Waals surface area contributed by atoms with Gasteiger partial charge in [-0.3, -0.25) is 0 Å². The van der Waals surface area contributed by atoms with Gasteiger partial charge in [-0.25, -0.2) is 9.18 Å². The van der Waals surface area contributed by atoms with E-state index in [0.717, 1.165) is 0 Å². The van der Waals surface area contributed by atoms with Crippen LogP contribution in [-0.4, -0.2) is 22.6 Å². The van der Waals surface area contributed by atoms with Gasteiger partial charge in [0.2, 0.25) is 0 Å². The number of hydrogen-bond acceptors (Lipinski definition) is 3. The van der Waals surface area contributed by atoms with Gasteiger partial charge in [-0.05, 0) is 36.5 Å². The van der Waals surface area contributed by atoms with Crippen molar-refractivity contribution in [1.29, 1.82) is 0 Å². The van der Waals surface area contributed by atoms with Crippen LogP contribution in [0, 0.1) is 10.6 Å². The quantitative estimate of drug-likeness (QED) is 0.671. The standard InChI is InChI=1S/C12H11FN2O2S/c1-15-10(7-3-5-8(13)6-4-7)9(11(16)17-2)14-12(15)18/h3-6H,1-2H3,(H,14,18). The number of halogens is 1. The lowest BCUT2D eigenvalue weighted by atomic mass is 10.1. The molecule has 0 spiro atoms. The van der Waals surface area contributed by atoms with Gasteiger partial charge >= 0.3 is 5.97 Å². The number of aromatic amines is 1. The van der Waals surface area contributed by atoms with Crippen LogP contribution in [-0.2, 0) is 11.8 Å². The van der Waals surface area contributed by atoms with Crippen molar-refractivity contribution in [2.24, 2.45) is 7.05 Å². The summed E-state index contributed by atoms with van der Waals surface area (Å²) in [5.41, 5.74) is 1.52. The monoisotopic (exact) mass is 266 g/mol. The fraction of sp³-hybridized carbons (Fsp3) is 0.167. The zero-order chi connectivity index (χ0) is 13.3. The van der Waals surface area contributed by atoms with Crippen LogP contribution in [0.15, 0.2) is 24.3 Å². The molecule has 0 aliphatic rings. The smallest absolute Gasteiger partial charge is 0.356 e. The van der Waals surface area contributed by atoms with E-state index < -0.39 is 5.97 Å². The molecule has 1 N–H and O–H groups in total. The minimum atomic E-state index is -0.513. The number of imidazole rings is 1. The van der Waals surface area contributed by atoms with Crippen molar-refractivity contribution >= 4 is 18.2 Å². The molecule has 0 aliphatic heterocycles. The van der Waals surface area contributed by atoms with Gasteiger partial charge in [0.05, 0.1) is 12.8 Å². The number of esters is 1. The number of hydrogen-bond donors (Lipinski definition) is 1. The van der Waals surface area contributed by atoms with Crippen LogP contribution in [0.25, 0.3) is 11.3 Å². The topological polar surface area (TPSA) is 47.0 Å². The summed E-state index contributed by atoms with van der Waals surface area (Å²) in [6, 6.07) is 5.82. The molecular weight excluding hydrogens is 255 g/mol. The van der Waals surface area contributed by atoms with E-state index in [9.17, 15) is 9.18 Å². The van der Waals surface area contributed by atoms with E-state index in [1.807, 2.05) is 0 Å². The predicted molar refractivity (Wildman–Crippen MR) is 67.3 cm³/mol. The van der Waals surface area contributed by atoms with Gasteiger partial charge in [0.15, 0.2) is 10.5 Å². The van der Waals surface area contributed by atoms with Gasteiger partial charge < -0.3 is 14.3 Å². The first-order chi connectivity index (χ1) is 8.54. The first-order valence-corrected chi connectivity index (χ1v) is 5.58. The molecule has 0 saturated carbocycles. The van der Waals surface area contributed by atoms with Crippen molar-refractivity contribution < 1.29 is 13.9 Å². The molecule has 0 radical (unpaired) electrons. The summed E-state index contributed by atoms with van der Waals surface area (Å²) in [7, 11) is 3.02. The Kier molecular flexibility index (Phi) is 3.29. The summed E-state index contributed by atoms with van der Waals surface area (Å²) in [6.45, 7) is 0. The summed E-state index contributed by atoms with van der Waals surface area (Å²) in [5.74, 6) is -0.851. The number of nitrogens with zero attached hydrogens (tertiary/aromatic N) is 1. The Bertz CT molecular complexity index is 643. The fourth-order valence-electron chi connectivity index (χ4n) is 1.71. The number of aromatic nitrogens is 2. The number of methoxy groups -OCH3 is 1. The maximum absolute atomic E-state index is 12.9. The number of carbonyl (C=O) groups excluding carboxylic acids is 1. The van der Waals surface area contributed by atoms with Gasteiger partial charge in [0.1, 0.15) is 5.82 Å². The largest absolute Gasteiger partial charge is 0.464 e. The van der Waals surface area contributed by atoms with E-state index in [-0.39, 0.29) is 11.5 Å². The van der Waals surface area contributed by atoms with Crippen molar-refractivity contribution in [1.82, 2.24) is 9.55 Å². The molecule has 0 amide bonds. The number of H-pyrrole nitrogens is 1. The van der Waals surface area contributed by atoms with Gasteiger partial charge in [-0.1, -0.05) is 0 Å². The molecular formula is C12H11FN2O2S. The molecule has 4 nitrogen and oxygen atoms in total. The molecule has 6 heteroatoms. The van der Waals surface area contributed by atoms with E-state index in [1.54, 1.807) is 23.7 Å². The Morgan fingerprint density at radius 1 is 1.39 bits per heavy atom. The van der Waals surface area contributed by atoms with Gasteiger partial charge in [0.25, 0.3) is 0 Å². The lowest BCUT2D eigenvalue weighted by Crippen LogP contribution is -2.04. The van der Waals surface area contributed by atoms with E-state index >= 15 is 0 Å². The summed E-state index contributed by atoms with van der Waals surface area (Å²) in [6.07, 6.45) is 0. The zero-order valence-corrected chi connectivity index (χ0v) is 10.7. The minimum Gasteiger partial charge on any atom is -0.464 e. The van der Waals surface area contributed by atoms with Crippen LogP contribution in [0.4, 0.5) is 4.39 Å². The number of nitrogens with one attached hydrogen (secondary N) is 1. The Hall–Kier alpha value is -1.95. The van der Waals surface area contributed by atoms with Crippen molar-refractivity contribution in [3.8, 4) is 11.3 Å². The van der Waals surface area contributed by atoms with Crippen LogP contribution in [0.5, 0.6) is 0 Å². The Morgan fingerprint density at radius 3 is 2.56 bits per heavy atom. The normalized spacial score (nSPS) is 10.4. The van der Waals surface area contributed by atoms with Crippen molar-refractivity contribution in [3.05, 3.63) is 40.5 Å². The third-order valence-electron chi connectivity index (χ3n) is 2.62. The first-order valence-electron chi connectivity index (χ1n) is 5.18. The zero-order valence-electron chi connectivity index (χ0n) is 9.86. The SMILES string of the molecule is COC(=O)c1[nH]c(=S)n(C)c1-c1ccc(F)cc1. The molecule has 2 aromatic rings. The average molecular weight is 266 g/mol. The molecule has 94 valence electrons. The van der Waals surface area contributed by atoms with Crippen LogP contribution >= 0.6 is 12.2 Å². The summed E-state index contributed by atoms with van der Waals surface area (Å²) < 4.78 is 19.6. The average Bonchev–Trinajstić information content (AvgIpc) is 2.66. The van der Waals surface area contributed by atoms with Gasteiger partial charge in [-0.2, -0.15) is 0 Å². The molecule has 0 unspecified atom stereocenters. The first kappa shape index (κ1) is 12.5. The second-order valence-electron chi connectivity index (χ2n) is 3.71. The molecule has 0 saturated heterocycles. The highest BCUT2D eigenvalue weighted by Gasteiger charge is 2.18. The summed E-state index contributed by atoms with van der Waals surface area (Å²) >= 11 is 5.08. The maximum Gasteiger partial charge on any atom is 0.356 e. The second kappa shape index (κ2) is 4.73. The fourth-order valence-corrected chi connectivity index (χ4v) is 1.91. The van der Waals surface area contributed by atoms with E-state index in [2.05, 4.69) is 9.72 Å². The van der Waals surface area contributed by atoms with E-state index in [1.165, 1.54) is 19.2 Å². The molecule has 0 bridgehead atoms. The lowest BCUT2D eigenvalue weighted by molar-refractivity contribution is 0.0595. The number of rotatable bonds is 2. The summed E-state index contributed by atoms with van der Waals surface area (Å²) in [4.78, 5) is 14.4. The van der Waals surface area contributed by atoms with Crippen LogP contribution < -0.4 is 0 Å². The molecule has 0 aliphatic carbocycles. The number of carbonyl (C=O) groups is 1. The van der Waals surface area contributed by atoms with Crippen molar-refractivity contribution in [3.63, 3.8) is 0 Å². The lowest BCUT2D eigenvalue weighted by Gasteiger charge is -2.05. The molecule has 2 rings (SSSR count). The highest BCUT2D eigenvalue weighted by Crippen LogP contribution is 2.24.